The van der Waals surface area contributed by atoms with Crippen LogP contribution in [0.5, 0.6) is 0 Å². The maximum atomic E-state index is 5.86. The lowest BCUT2D eigenvalue weighted by atomic mass is 10.1. The lowest BCUT2D eigenvalue weighted by Crippen LogP contribution is -2.32. The second-order valence-electron chi connectivity index (χ2n) is 3.90. The van der Waals surface area contributed by atoms with E-state index in [1.165, 1.54) is 10.4 Å². The molecule has 0 amide bonds. The Balaban J connectivity index is 2.57. The second kappa shape index (κ2) is 7.01. The molecule has 0 aliphatic carbocycles. The number of ether oxygens (including phenoxy) is 1. The van der Waals surface area contributed by atoms with E-state index in [2.05, 4.69) is 30.3 Å². The first-order valence-electron chi connectivity index (χ1n) is 5.72. The molecule has 0 radical (unpaired) electrons. The molecule has 1 unspecified atom stereocenters. The molecule has 1 rings (SSSR count). The summed E-state index contributed by atoms with van der Waals surface area (Å²) in [4.78, 5) is 3.65. The van der Waals surface area contributed by atoms with Gasteiger partial charge in [-0.3, -0.25) is 4.90 Å². The molecule has 4 heteroatoms. The first-order chi connectivity index (χ1) is 7.70. The van der Waals surface area contributed by atoms with E-state index in [1.54, 1.807) is 11.3 Å². The summed E-state index contributed by atoms with van der Waals surface area (Å²) in [5.41, 5.74) is 7.20. The minimum atomic E-state index is 0.320. The fraction of sp³-hybridized carbons (Fsp3) is 0.667. The van der Waals surface area contributed by atoms with Gasteiger partial charge in [-0.05, 0) is 37.9 Å². The lowest BCUT2D eigenvalue weighted by molar-refractivity contribution is 0.109. The Morgan fingerprint density at radius 2 is 2.31 bits per heavy atom. The van der Waals surface area contributed by atoms with E-state index in [1.807, 2.05) is 6.92 Å². The Labute approximate surface area is 102 Å². The van der Waals surface area contributed by atoms with Crippen LogP contribution in [-0.4, -0.2) is 38.3 Å². The summed E-state index contributed by atoms with van der Waals surface area (Å²) in [6.07, 6.45) is 0. The predicted molar refractivity (Wildman–Crippen MR) is 70.0 cm³/mol. The SMILES string of the molecule is CCOCCN(C)C(CN)c1sccc1C. The molecule has 0 aromatic carbocycles. The molecular formula is C12H22N2OS. The molecule has 1 heterocycles. The van der Waals surface area contributed by atoms with Gasteiger partial charge in [0.05, 0.1) is 12.6 Å². The molecule has 92 valence electrons. The van der Waals surface area contributed by atoms with Crippen LogP contribution in [0.2, 0.25) is 0 Å². The molecule has 0 saturated heterocycles. The standard InChI is InChI=1S/C12H22N2OS/c1-4-15-7-6-14(3)11(9-13)12-10(2)5-8-16-12/h5,8,11H,4,6-7,9,13H2,1-3H3. The van der Waals surface area contributed by atoms with Gasteiger partial charge in [0.25, 0.3) is 0 Å². The number of hydrogen-bond donors (Lipinski definition) is 1. The van der Waals surface area contributed by atoms with Crippen LogP contribution < -0.4 is 5.73 Å². The van der Waals surface area contributed by atoms with Gasteiger partial charge in [0.1, 0.15) is 0 Å². The van der Waals surface area contributed by atoms with E-state index in [4.69, 9.17) is 10.5 Å². The molecule has 2 N–H and O–H groups in total. The highest BCUT2D eigenvalue weighted by molar-refractivity contribution is 7.10. The highest BCUT2D eigenvalue weighted by atomic mass is 32.1. The minimum absolute atomic E-state index is 0.320. The van der Waals surface area contributed by atoms with E-state index in [9.17, 15) is 0 Å². The summed E-state index contributed by atoms with van der Waals surface area (Å²) in [5, 5.41) is 2.13. The fourth-order valence-electron chi connectivity index (χ4n) is 1.72. The van der Waals surface area contributed by atoms with E-state index < -0.39 is 0 Å². The van der Waals surface area contributed by atoms with Crippen molar-refractivity contribution in [3.05, 3.63) is 21.9 Å². The number of hydrogen-bond acceptors (Lipinski definition) is 4. The molecular weight excluding hydrogens is 220 g/mol. The molecule has 0 spiro atoms. The van der Waals surface area contributed by atoms with Gasteiger partial charge in [-0.1, -0.05) is 0 Å². The second-order valence-corrected chi connectivity index (χ2v) is 4.84. The van der Waals surface area contributed by atoms with Crippen molar-refractivity contribution < 1.29 is 4.74 Å². The predicted octanol–water partition coefficient (Wildman–Crippen LogP) is 2.02. The largest absolute Gasteiger partial charge is 0.380 e. The Bertz CT molecular complexity index is 301. The van der Waals surface area contributed by atoms with Crippen molar-refractivity contribution >= 4 is 11.3 Å². The van der Waals surface area contributed by atoms with Crippen LogP contribution in [0.3, 0.4) is 0 Å². The van der Waals surface area contributed by atoms with E-state index in [-0.39, 0.29) is 0 Å². The maximum absolute atomic E-state index is 5.86. The first kappa shape index (κ1) is 13.6. The van der Waals surface area contributed by atoms with Crippen molar-refractivity contribution in [3.8, 4) is 0 Å². The van der Waals surface area contributed by atoms with Crippen molar-refractivity contribution in [3.63, 3.8) is 0 Å². The molecule has 1 aromatic rings. The van der Waals surface area contributed by atoms with Crippen LogP contribution in [0.1, 0.15) is 23.4 Å². The van der Waals surface area contributed by atoms with Crippen molar-refractivity contribution in [2.24, 2.45) is 5.73 Å². The Morgan fingerprint density at radius 1 is 1.56 bits per heavy atom. The average molecular weight is 242 g/mol. The van der Waals surface area contributed by atoms with Gasteiger partial charge in [0.2, 0.25) is 0 Å². The Kier molecular flexibility index (Phi) is 5.98. The molecule has 0 saturated carbocycles. The molecule has 0 bridgehead atoms. The van der Waals surface area contributed by atoms with Crippen LogP contribution in [0.15, 0.2) is 11.4 Å². The number of rotatable bonds is 7. The average Bonchev–Trinajstić information content (AvgIpc) is 2.67. The Morgan fingerprint density at radius 3 is 2.81 bits per heavy atom. The zero-order chi connectivity index (χ0) is 12.0. The molecule has 1 aromatic heterocycles. The number of nitrogens with zero attached hydrogens (tertiary/aromatic N) is 1. The molecule has 16 heavy (non-hydrogen) atoms. The van der Waals surface area contributed by atoms with Gasteiger partial charge < -0.3 is 10.5 Å². The van der Waals surface area contributed by atoms with Gasteiger partial charge in [0, 0.05) is 24.6 Å². The quantitative estimate of drug-likeness (QED) is 0.744. The van der Waals surface area contributed by atoms with E-state index in [0.29, 0.717) is 12.6 Å². The molecule has 0 fully saturated rings. The fourth-order valence-corrected chi connectivity index (χ4v) is 2.83. The van der Waals surface area contributed by atoms with Crippen molar-refractivity contribution in [2.45, 2.75) is 19.9 Å². The van der Waals surface area contributed by atoms with Crippen LogP contribution in [0, 0.1) is 6.92 Å². The van der Waals surface area contributed by atoms with Gasteiger partial charge in [-0.15, -0.1) is 11.3 Å². The number of thiophene rings is 1. The maximum Gasteiger partial charge on any atom is 0.0593 e. The summed E-state index contributed by atoms with van der Waals surface area (Å²) >= 11 is 1.79. The molecule has 0 aliphatic rings. The number of nitrogens with two attached hydrogens (primary N) is 1. The van der Waals surface area contributed by atoms with Crippen LogP contribution in [-0.2, 0) is 4.74 Å². The zero-order valence-electron chi connectivity index (χ0n) is 10.4. The minimum Gasteiger partial charge on any atom is -0.380 e. The monoisotopic (exact) mass is 242 g/mol. The van der Waals surface area contributed by atoms with Crippen LogP contribution in [0.25, 0.3) is 0 Å². The van der Waals surface area contributed by atoms with E-state index in [0.717, 1.165) is 19.8 Å². The van der Waals surface area contributed by atoms with Crippen LogP contribution >= 0.6 is 11.3 Å². The van der Waals surface area contributed by atoms with Gasteiger partial charge >= 0.3 is 0 Å². The smallest absolute Gasteiger partial charge is 0.0593 e. The van der Waals surface area contributed by atoms with Crippen molar-refractivity contribution in [2.75, 3.05) is 33.4 Å². The molecule has 0 aliphatic heterocycles. The van der Waals surface area contributed by atoms with Gasteiger partial charge in [-0.25, -0.2) is 0 Å². The third kappa shape index (κ3) is 3.56. The summed E-state index contributed by atoms with van der Waals surface area (Å²) in [6, 6.07) is 2.47. The number of aryl methyl sites for hydroxylation is 1. The summed E-state index contributed by atoms with van der Waals surface area (Å²) in [6.45, 7) is 7.29. The third-order valence-corrected chi connectivity index (χ3v) is 3.87. The van der Waals surface area contributed by atoms with Crippen molar-refractivity contribution in [1.82, 2.24) is 4.90 Å². The lowest BCUT2D eigenvalue weighted by Gasteiger charge is -2.26. The summed E-state index contributed by atoms with van der Waals surface area (Å²) < 4.78 is 5.37. The summed E-state index contributed by atoms with van der Waals surface area (Å²) in [5.74, 6) is 0. The topological polar surface area (TPSA) is 38.5 Å². The van der Waals surface area contributed by atoms with E-state index >= 15 is 0 Å². The highest BCUT2D eigenvalue weighted by Gasteiger charge is 2.18. The third-order valence-electron chi connectivity index (χ3n) is 2.75. The zero-order valence-corrected chi connectivity index (χ0v) is 11.2. The normalized spacial score (nSPS) is 13.3. The van der Waals surface area contributed by atoms with Gasteiger partial charge in [-0.2, -0.15) is 0 Å². The van der Waals surface area contributed by atoms with Gasteiger partial charge in [0.15, 0.2) is 0 Å². The summed E-state index contributed by atoms with van der Waals surface area (Å²) in [7, 11) is 2.11. The molecule has 1 atom stereocenters. The van der Waals surface area contributed by atoms with Crippen LogP contribution in [0.4, 0.5) is 0 Å². The highest BCUT2D eigenvalue weighted by Crippen LogP contribution is 2.26. The molecule has 3 nitrogen and oxygen atoms in total. The van der Waals surface area contributed by atoms with Crippen molar-refractivity contribution in [1.29, 1.82) is 0 Å². The number of likely N-dealkylation sites (N-methyl/N-ethyl adjacent to an activating group) is 1. The first-order valence-corrected chi connectivity index (χ1v) is 6.60. The Hall–Kier alpha value is -0.420.